The summed E-state index contributed by atoms with van der Waals surface area (Å²) in [6, 6.07) is 0. The molecule has 1 aliphatic rings. The minimum Gasteiger partial charge on any atom is -0.380 e. The number of carbonyl (C=O) groups is 1. The van der Waals surface area contributed by atoms with Gasteiger partial charge < -0.3 is 4.74 Å². The van der Waals surface area contributed by atoms with Crippen LogP contribution in [0.1, 0.15) is 22.0 Å². The van der Waals surface area contributed by atoms with Crippen molar-refractivity contribution in [3.63, 3.8) is 0 Å². The molecule has 2 heterocycles. The van der Waals surface area contributed by atoms with E-state index in [0.29, 0.717) is 25.4 Å². The van der Waals surface area contributed by atoms with Gasteiger partial charge in [0.1, 0.15) is 5.78 Å². The van der Waals surface area contributed by atoms with E-state index < -0.39 is 0 Å². The molecule has 0 N–H and O–H groups in total. The monoisotopic (exact) mass is 225 g/mol. The number of hydrogen-bond acceptors (Lipinski definition) is 4. The SMILES string of the molecule is Cc1nc(CC2COCCC2=O)sc1C. The number of hydrogen-bond donors (Lipinski definition) is 0. The maximum Gasteiger partial charge on any atom is 0.140 e. The van der Waals surface area contributed by atoms with Crippen molar-refractivity contribution in [1.29, 1.82) is 0 Å². The molecule has 0 saturated carbocycles. The Bertz CT molecular complexity index is 353. The van der Waals surface area contributed by atoms with Gasteiger partial charge in [-0.2, -0.15) is 0 Å². The quantitative estimate of drug-likeness (QED) is 0.771. The van der Waals surface area contributed by atoms with Gasteiger partial charge in [-0.1, -0.05) is 0 Å². The van der Waals surface area contributed by atoms with Crippen LogP contribution in [0.2, 0.25) is 0 Å². The molecule has 4 heteroatoms. The molecule has 0 radical (unpaired) electrons. The van der Waals surface area contributed by atoms with E-state index in [4.69, 9.17) is 4.74 Å². The summed E-state index contributed by atoms with van der Waals surface area (Å²) in [4.78, 5) is 17.3. The predicted octanol–water partition coefficient (Wildman–Crippen LogP) is 1.91. The van der Waals surface area contributed by atoms with E-state index >= 15 is 0 Å². The van der Waals surface area contributed by atoms with Gasteiger partial charge in [0, 0.05) is 23.6 Å². The van der Waals surface area contributed by atoms with Gasteiger partial charge >= 0.3 is 0 Å². The second-order valence-corrected chi connectivity index (χ2v) is 5.23. The van der Waals surface area contributed by atoms with Gasteiger partial charge in [-0.15, -0.1) is 11.3 Å². The first-order valence-corrected chi connectivity index (χ1v) is 6.02. The van der Waals surface area contributed by atoms with Crippen LogP contribution in [-0.4, -0.2) is 24.0 Å². The lowest BCUT2D eigenvalue weighted by Crippen LogP contribution is -2.29. The number of ketones is 1. The molecule has 1 fully saturated rings. The van der Waals surface area contributed by atoms with E-state index in [1.807, 2.05) is 6.92 Å². The first-order valence-electron chi connectivity index (χ1n) is 5.20. The van der Waals surface area contributed by atoms with Crippen LogP contribution in [0.25, 0.3) is 0 Å². The van der Waals surface area contributed by atoms with Gasteiger partial charge in [-0.25, -0.2) is 4.98 Å². The zero-order valence-corrected chi connectivity index (χ0v) is 9.89. The summed E-state index contributed by atoms with van der Waals surface area (Å²) in [5.41, 5.74) is 1.08. The van der Waals surface area contributed by atoms with Crippen LogP contribution in [0.15, 0.2) is 0 Å². The van der Waals surface area contributed by atoms with Gasteiger partial charge in [0.25, 0.3) is 0 Å². The molecule has 0 aromatic carbocycles. The van der Waals surface area contributed by atoms with E-state index in [2.05, 4.69) is 11.9 Å². The fraction of sp³-hybridized carbons (Fsp3) is 0.636. The molecule has 0 aliphatic carbocycles. The number of rotatable bonds is 2. The topological polar surface area (TPSA) is 39.2 Å². The summed E-state index contributed by atoms with van der Waals surface area (Å²) in [5.74, 6) is 0.357. The maximum atomic E-state index is 11.6. The van der Waals surface area contributed by atoms with Crippen LogP contribution in [-0.2, 0) is 16.0 Å². The summed E-state index contributed by atoms with van der Waals surface area (Å²) in [6.07, 6.45) is 1.31. The van der Waals surface area contributed by atoms with E-state index in [1.54, 1.807) is 11.3 Å². The van der Waals surface area contributed by atoms with E-state index in [0.717, 1.165) is 17.1 Å². The summed E-state index contributed by atoms with van der Waals surface area (Å²) < 4.78 is 5.32. The minimum atomic E-state index is 0.0312. The average Bonchev–Trinajstić information content (AvgIpc) is 2.50. The zero-order chi connectivity index (χ0) is 10.8. The molecule has 1 aromatic heterocycles. The Hall–Kier alpha value is -0.740. The Morgan fingerprint density at radius 1 is 1.53 bits per heavy atom. The summed E-state index contributed by atoms with van der Waals surface area (Å²) in [7, 11) is 0. The third-order valence-corrected chi connectivity index (χ3v) is 3.86. The van der Waals surface area contributed by atoms with Crippen LogP contribution in [0.4, 0.5) is 0 Å². The molecule has 1 aromatic rings. The molecule has 1 aliphatic heterocycles. The third-order valence-electron chi connectivity index (χ3n) is 2.76. The van der Waals surface area contributed by atoms with Crippen molar-refractivity contribution in [3.05, 3.63) is 15.6 Å². The van der Waals surface area contributed by atoms with E-state index in [-0.39, 0.29) is 5.92 Å². The Labute approximate surface area is 93.5 Å². The number of aryl methyl sites for hydroxylation is 2. The molecule has 0 spiro atoms. The number of carbonyl (C=O) groups excluding carboxylic acids is 1. The second-order valence-electron chi connectivity index (χ2n) is 3.94. The summed E-state index contributed by atoms with van der Waals surface area (Å²) in [6.45, 7) is 5.23. The van der Waals surface area contributed by atoms with Crippen molar-refractivity contribution < 1.29 is 9.53 Å². The molecular formula is C11H15NO2S. The number of Topliss-reactive ketones (excluding diaryl/α,β-unsaturated/α-hetero) is 1. The molecule has 2 rings (SSSR count). The Kier molecular flexibility index (Phi) is 3.17. The van der Waals surface area contributed by atoms with Crippen LogP contribution in [0, 0.1) is 19.8 Å². The normalized spacial score (nSPS) is 22.0. The first-order chi connectivity index (χ1) is 7.16. The van der Waals surface area contributed by atoms with Gasteiger partial charge in [0.05, 0.1) is 23.9 Å². The number of thiazole rings is 1. The van der Waals surface area contributed by atoms with Crippen molar-refractivity contribution in [2.45, 2.75) is 26.7 Å². The average molecular weight is 225 g/mol. The highest BCUT2D eigenvalue weighted by molar-refractivity contribution is 7.11. The molecule has 1 unspecified atom stereocenters. The van der Waals surface area contributed by atoms with Crippen LogP contribution in [0.3, 0.4) is 0 Å². The molecule has 0 bridgehead atoms. The number of nitrogens with zero attached hydrogens (tertiary/aromatic N) is 1. The fourth-order valence-corrected chi connectivity index (χ4v) is 2.72. The zero-order valence-electron chi connectivity index (χ0n) is 9.08. The van der Waals surface area contributed by atoms with Crippen LogP contribution < -0.4 is 0 Å². The minimum absolute atomic E-state index is 0.0312. The van der Waals surface area contributed by atoms with Crippen molar-refractivity contribution >= 4 is 17.1 Å². The van der Waals surface area contributed by atoms with Crippen LogP contribution >= 0.6 is 11.3 Å². The Morgan fingerprint density at radius 3 is 2.93 bits per heavy atom. The highest BCUT2D eigenvalue weighted by Crippen LogP contribution is 2.22. The summed E-state index contributed by atoms with van der Waals surface area (Å²) >= 11 is 1.69. The Morgan fingerprint density at radius 2 is 2.33 bits per heavy atom. The van der Waals surface area contributed by atoms with Crippen molar-refractivity contribution in [2.24, 2.45) is 5.92 Å². The largest absolute Gasteiger partial charge is 0.380 e. The van der Waals surface area contributed by atoms with Gasteiger partial charge in [-0.05, 0) is 13.8 Å². The lowest BCUT2D eigenvalue weighted by Gasteiger charge is -2.19. The number of ether oxygens (including phenoxy) is 1. The smallest absolute Gasteiger partial charge is 0.140 e. The van der Waals surface area contributed by atoms with Gasteiger partial charge in [-0.3, -0.25) is 4.79 Å². The third kappa shape index (κ3) is 2.44. The summed E-state index contributed by atoms with van der Waals surface area (Å²) in [5, 5.41) is 1.06. The molecule has 15 heavy (non-hydrogen) atoms. The lowest BCUT2D eigenvalue weighted by molar-refractivity contribution is -0.130. The van der Waals surface area contributed by atoms with Gasteiger partial charge in [0.15, 0.2) is 0 Å². The second kappa shape index (κ2) is 4.41. The lowest BCUT2D eigenvalue weighted by atomic mass is 9.97. The van der Waals surface area contributed by atoms with Crippen molar-refractivity contribution in [2.75, 3.05) is 13.2 Å². The predicted molar refractivity (Wildman–Crippen MR) is 59.2 cm³/mol. The molecule has 0 amide bonds. The highest BCUT2D eigenvalue weighted by atomic mass is 32.1. The molecular weight excluding hydrogens is 210 g/mol. The standard InChI is InChI=1S/C11H15NO2S/c1-7-8(2)15-11(12-7)5-9-6-14-4-3-10(9)13/h9H,3-6H2,1-2H3. The first kappa shape index (κ1) is 10.8. The van der Waals surface area contributed by atoms with Crippen molar-refractivity contribution in [1.82, 2.24) is 4.98 Å². The Balaban J connectivity index is 2.04. The van der Waals surface area contributed by atoms with Crippen molar-refractivity contribution in [3.8, 4) is 0 Å². The number of aromatic nitrogens is 1. The molecule has 1 saturated heterocycles. The van der Waals surface area contributed by atoms with Crippen LogP contribution in [0.5, 0.6) is 0 Å². The molecule has 82 valence electrons. The molecule has 3 nitrogen and oxygen atoms in total. The van der Waals surface area contributed by atoms with Gasteiger partial charge in [0.2, 0.25) is 0 Å². The van der Waals surface area contributed by atoms with E-state index in [1.165, 1.54) is 4.88 Å². The van der Waals surface area contributed by atoms with E-state index in [9.17, 15) is 4.79 Å². The molecule has 1 atom stereocenters. The highest BCUT2D eigenvalue weighted by Gasteiger charge is 2.24. The fourth-order valence-electron chi connectivity index (χ4n) is 1.71. The maximum absolute atomic E-state index is 11.6.